The Bertz CT molecular complexity index is 487. The first-order valence-electron chi connectivity index (χ1n) is 6.88. The van der Waals surface area contributed by atoms with Gasteiger partial charge in [-0.25, -0.2) is 0 Å². The predicted molar refractivity (Wildman–Crippen MR) is 81.8 cm³/mol. The molecule has 2 atom stereocenters. The van der Waals surface area contributed by atoms with Crippen molar-refractivity contribution in [2.75, 3.05) is 6.54 Å². The third-order valence-corrected chi connectivity index (χ3v) is 4.51. The molecular formula is C15H23N3S. The number of aromatic nitrogens is 2. The van der Waals surface area contributed by atoms with Gasteiger partial charge in [0.15, 0.2) is 0 Å². The number of nitrogens with zero attached hydrogens (tertiary/aromatic N) is 2. The quantitative estimate of drug-likeness (QED) is 0.865. The highest BCUT2D eigenvalue weighted by Crippen LogP contribution is 2.21. The summed E-state index contributed by atoms with van der Waals surface area (Å²) >= 11 is 1.83. The molecule has 1 N–H and O–H groups in total. The van der Waals surface area contributed by atoms with Crippen LogP contribution in [-0.2, 0) is 0 Å². The standard InChI is InChI=1S/C15H23N3S/c1-11(2)18-10-14(9-17-18)13(4)16-8-12(3)15-6-5-7-19-15/h5-7,9-13,16H,8H2,1-4H3/t12-,13+/m1/s1. The second kappa shape index (κ2) is 6.35. The van der Waals surface area contributed by atoms with Crippen molar-refractivity contribution in [3.63, 3.8) is 0 Å². The Morgan fingerprint density at radius 2 is 2.11 bits per heavy atom. The fourth-order valence-corrected chi connectivity index (χ4v) is 2.79. The zero-order valence-corrected chi connectivity index (χ0v) is 12.9. The van der Waals surface area contributed by atoms with Crippen molar-refractivity contribution in [2.45, 2.75) is 45.7 Å². The molecular weight excluding hydrogens is 254 g/mol. The normalized spacial score (nSPS) is 14.8. The fourth-order valence-electron chi connectivity index (χ4n) is 2.00. The van der Waals surface area contributed by atoms with Gasteiger partial charge in [0.1, 0.15) is 0 Å². The molecule has 0 aliphatic carbocycles. The Kier molecular flexibility index (Phi) is 4.77. The third kappa shape index (κ3) is 3.67. The maximum absolute atomic E-state index is 4.39. The van der Waals surface area contributed by atoms with Crippen LogP contribution in [0.1, 0.15) is 56.1 Å². The third-order valence-electron chi connectivity index (χ3n) is 3.41. The molecule has 19 heavy (non-hydrogen) atoms. The Morgan fingerprint density at radius 3 is 2.68 bits per heavy atom. The molecule has 2 aromatic rings. The van der Waals surface area contributed by atoms with E-state index in [1.165, 1.54) is 10.4 Å². The largest absolute Gasteiger partial charge is 0.309 e. The Hall–Kier alpha value is -1.13. The summed E-state index contributed by atoms with van der Waals surface area (Å²) in [5.74, 6) is 0.558. The van der Waals surface area contributed by atoms with Crippen molar-refractivity contribution in [3.05, 3.63) is 40.3 Å². The van der Waals surface area contributed by atoms with Gasteiger partial charge < -0.3 is 5.32 Å². The van der Waals surface area contributed by atoms with Crippen LogP contribution in [0.4, 0.5) is 0 Å². The zero-order valence-electron chi connectivity index (χ0n) is 12.1. The Balaban J connectivity index is 1.88. The first-order valence-corrected chi connectivity index (χ1v) is 7.76. The average molecular weight is 277 g/mol. The number of hydrogen-bond acceptors (Lipinski definition) is 3. The van der Waals surface area contributed by atoms with Crippen LogP contribution in [0.3, 0.4) is 0 Å². The van der Waals surface area contributed by atoms with Gasteiger partial charge in [-0.05, 0) is 32.2 Å². The molecule has 0 aromatic carbocycles. The smallest absolute Gasteiger partial charge is 0.0537 e. The zero-order chi connectivity index (χ0) is 13.8. The lowest BCUT2D eigenvalue weighted by atomic mass is 10.1. The van der Waals surface area contributed by atoms with Crippen molar-refractivity contribution in [3.8, 4) is 0 Å². The van der Waals surface area contributed by atoms with Crippen LogP contribution in [0.15, 0.2) is 29.9 Å². The molecule has 0 unspecified atom stereocenters. The summed E-state index contributed by atoms with van der Waals surface area (Å²) in [6, 6.07) is 5.09. The molecule has 0 aliphatic rings. The van der Waals surface area contributed by atoms with Gasteiger partial charge in [-0.15, -0.1) is 11.3 Å². The highest BCUT2D eigenvalue weighted by molar-refractivity contribution is 7.10. The first kappa shape index (κ1) is 14.3. The van der Waals surface area contributed by atoms with E-state index in [0.29, 0.717) is 18.0 Å². The molecule has 0 saturated heterocycles. The molecule has 0 amide bonds. The highest BCUT2D eigenvalue weighted by atomic mass is 32.1. The van der Waals surface area contributed by atoms with Crippen LogP contribution in [0.2, 0.25) is 0 Å². The maximum Gasteiger partial charge on any atom is 0.0537 e. The van der Waals surface area contributed by atoms with E-state index in [9.17, 15) is 0 Å². The molecule has 0 aliphatic heterocycles. The molecule has 4 heteroatoms. The van der Waals surface area contributed by atoms with E-state index in [4.69, 9.17) is 0 Å². The molecule has 0 fully saturated rings. The molecule has 3 nitrogen and oxygen atoms in total. The summed E-state index contributed by atoms with van der Waals surface area (Å²) in [6.07, 6.45) is 4.10. The molecule has 0 bridgehead atoms. The molecule has 2 aromatic heterocycles. The van der Waals surface area contributed by atoms with Crippen molar-refractivity contribution in [2.24, 2.45) is 0 Å². The van der Waals surface area contributed by atoms with Gasteiger partial charge >= 0.3 is 0 Å². The van der Waals surface area contributed by atoms with Gasteiger partial charge in [0.05, 0.1) is 6.20 Å². The van der Waals surface area contributed by atoms with Crippen LogP contribution in [0.5, 0.6) is 0 Å². The molecule has 2 rings (SSSR count). The van der Waals surface area contributed by atoms with Gasteiger partial charge in [-0.1, -0.05) is 13.0 Å². The summed E-state index contributed by atoms with van der Waals surface area (Å²) in [4.78, 5) is 1.44. The number of hydrogen-bond donors (Lipinski definition) is 1. The van der Waals surface area contributed by atoms with Crippen LogP contribution in [0.25, 0.3) is 0 Å². The lowest BCUT2D eigenvalue weighted by Gasteiger charge is -2.16. The first-order chi connectivity index (χ1) is 9.08. The Morgan fingerprint density at radius 1 is 1.32 bits per heavy atom. The van der Waals surface area contributed by atoms with Crippen LogP contribution in [-0.4, -0.2) is 16.3 Å². The lowest BCUT2D eigenvalue weighted by Crippen LogP contribution is -2.23. The van der Waals surface area contributed by atoms with Crippen LogP contribution < -0.4 is 5.32 Å². The number of thiophene rings is 1. The van der Waals surface area contributed by atoms with Gasteiger partial charge in [0, 0.05) is 41.2 Å². The summed E-state index contributed by atoms with van der Waals surface area (Å²) < 4.78 is 2.01. The average Bonchev–Trinajstić information content (AvgIpc) is 3.05. The van der Waals surface area contributed by atoms with Crippen molar-refractivity contribution < 1.29 is 0 Å². The van der Waals surface area contributed by atoms with Crippen molar-refractivity contribution in [1.82, 2.24) is 15.1 Å². The fraction of sp³-hybridized carbons (Fsp3) is 0.533. The van der Waals surface area contributed by atoms with Crippen molar-refractivity contribution >= 4 is 11.3 Å². The predicted octanol–water partition coefficient (Wildman–Crippen LogP) is 3.98. The maximum atomic E-state index is 4.39. The SMILES string of the molecule is CC(C)n1cc([C@H](C)NC[C@@H](C)c2cccs2)cn1. The van der Waals surface area contributed by atoms with E-state index in [1.807, 2.05) is 22.2 Å². The molecule has 0 radical (unpaired) electrons. The molecule has 0 spiro atoms. The molecule has 0 saturated carbocycles. The minimum Gasteiger partial charge on any atom is -0.309 e. The van der Waals surface area contributed by atoms with Gasteiger partial charge in [0.25, 0.3) is 0 Å². The van der Waals surface area contributed by atoms with Gasteiger partial charge in [0.2, 0.25) is 0 Å². The minimum atomic E-state index is 0.343. The lowest BCUT2D eigenvalue weighted by molar-refractivity contribution is 0.524. The van der Waals surface area contributed by atoms with Crippen LogP contribution >= 0.6 is 11.3 Å². The minimum absolute atomic E-state index is 0.343. The topological polar surface area (TPSA) is 29.9 Å². The van der Waals surface area contributed by atoms with Crippen LogP contribution in [0, 0.1) is 0 Å². The highest BCUT2D eigenvalue weighted by Gasteiger charge is 2.12. The van der Waals surface area contributed by atoms with E-state index in [2.05, 4.69) is 61.8 Å². The second-order valence-corrected chi connectivity index (χ2v) is 6.37. The summed E-state index contributed by atoms with van der Waals surface area (Å²) in [6.45, 7) is 9.75. The van der Waals surface area contributed by atoms with Gasteiger partial charge in [-0.2, -0.15) is 5.10 Å². The monoisotopic (exact) mass is 277 g/mol. The van der Waals surface area contributed by atoms with Gasteiger partial charge in [-0.3, -0.25) is 4.68 Å². The van der Waals surface area contributed by atoms with Crippen molar-refractivity contribution in [1.29, 1.82) is 0 Å². The second-order valence-electron chi connectivity index (χ2n) is 5.39. The summed E-state index contributed by atoms with van der Waals surface area (Å²) in [7, 11) is 0. The number of rotatable bonds is 6. The molecule has 104 valence electrons. The van der Waals surface area contributed by atoms with E-state index >= 15 is 0 Å². The molecule has 2 heterocycles. The van der Waals surface area contributed by atoms with E-state index in [1.54, 1.807) is 0 Å². The summed E-state index contributed by atoms with van der Waals surface area (Å²) in [5, 5.41) is 10.1. The van der Waals surface area contributed by atoms with E-state index < -0.39 is 0 Å². The number of nitrogens with one attached hydrogen (secondary N) is 1. The van der Waals surface area contributed by atoms with E-state index in [-0.39, 0.29) is 0 Å². The summed E-state index contributed by atoms with van der Waals surface area (Å²) in [5.41, 5.74) is 1.26. The van der Waals surface area contributed by atoms with E-state index in [0.717, 1.165) is 6.54 Å². The Labute approximate surface area is 119 Å².